The lowest BCUT2D eigenvalue weighted by atomic mass is 10.0. The molecule has 0 aliphatic heterocycles. The monoisotopic (exact) mass is 346 g/mol. The zero-order valence-electron chi connectivity index (χ0n) is 14.5. The largest absolute Gasteiger partial charge is 0.451 e. The highest BCUT2D eigenvalue weighted by Gasteiger charge is 2.23. The van der Waals surface area contributed by atoms with Gasteiger partial charge in [0.05, 0.1) is 0 Å². The second-order valence-corrected chi connectivity index (χ2v) is 6.18. The molecule has 0 heterocycles. The van der Waals surface area contributed by atoms with E-state index in [4.69, 9.17) is 4.74 Å². The summed E-state index contributed by atoms with van der Waals surface area (Å²) in [7, 11) is 0. The smallest absolute Gasteiger partial charge is 0.335 e. The van der Waals surface area contributed by atoms with Gasteiger partial charge in [0, 0.05) is 0 Å². The van der Waals surface area contributed by atoms with Gasteiger partial charge in [-0.1, -0.05) is 91.0 Å². The normalized spacial score (nSPS) is 11.9. The summed E-state index contributed by atoms with van der Waals surface area (Å²) in [5, 5.41) is 10.2. The SMILES string of the molecule is O=C(OC(c1ccccc1)c1ccccc1)[C@H](O)CCc1ccccc1. The summed E-state index contributed by atoms with van der Waals surface area (Å²) in [6.07, 6.45) is -0.723. The maximum Gasteiger partial charge on any atom is 0.335 e. The van der Waals surface area contributed by atoms with E-state index in [1.165, 1.54) is 0 Å². The summed E-state index contributed by atoms with van der Waals surface area (Å²) in [5.41, 5.74) is 2.84. The van der Waals surface area contributed by atoms with Crippen molar-refractivity contribution in [2.45, 2.75) is 25.0 Å². The Morgan fingerprint density at radius 1 is 0.769 bits per heavy atom. The van der Waals surface area contributed by atoms with Crippen LogP contribution >= 0.6 is 0 Å². The van der Waals surface area contributed by atoms with E-state index in [1.807, 2.05) is 91.0 Å². The van der Waals surface area contributed by atoms with Crippen molar-refractivity contribution in [2.75, 3.05) is 0 Å². The van der Waals surface area contributed by atoms with Crippen molar-refractivity contribution >= 4 is 5.97 Å². The van der Waals surface area contributed by atoms with Crippen molar-refractivity contribution in [3.63, 3.8) is 0 Å². The summed E-state index contributed by atoms with van der Waals surface area (Å²) in [6, 6.07) is 28.9. The zero-order chi connectivity index (χ0) is 18.2. The van der Waals surface area contributed by atoms with Gasteiger partial charge < -0.3 is 9.84 Å². The average molecular weight is 346 g/mol. The third-order valence-electron chi connectivity index (χ3n) is 4.26. The molecule has 3 rings (SSSR count). The summed E-state index contributed by atoms with van der Waals surface area (Å²) in [4.78, 5) is 12.4. The Morgan fingerprint density at radius 2 is 1.23 bits per heavy atom. The lowest BCUT2D eigenvalue weighted by Crippen LogP contribution is -2.26. The number of benzene rings is 3. The van der Waals surface area contributed by atoms with Crippen LogP contribution in [-0.4, -0.2) is 17.2 Å². The first-order valence-corrected chi connectivity index (χ1v) is 8.76. The lowest BCUT2D eigenvalue weighted by molar-refractivity contribution is -0.157. The molecule has 132 valence electrons. The zero-order valence-corrected chi connectivity index (χ0v) is 14.5. The maximum atomic E-state index is 12.4. The van der Waals surface area contributed by atoms with Gasteiger partial charge in [-0.3, -0.25) is 0 Å². The Morgan fingerprint density at radius 3 is 1.73 bits per heavy atom. The van der Waals surface area contributed by atoms with Gasteiger partial charge in [0.15, 0.2) is 12.2 Å². The number of ether oxygens (including phenoxy) is 1. The van der Waals surface area contributed by atoms with Crippen molar-refractivity contribution in [3.8, 4) is 0 Å². The molecule has 1 N–H and O–H groups in total. The molecule has 0 bridgehead atoms. The quantitative estimate of drug-likeness (QED) is 0.648. The maximum absolute atomic E-state index is 12.4. The van der Waals surface area contributed by atoms with Gasteiger partial charge in [-0.25, -0.2) is 4.79 Å². The summed E-state index contributed by atoms with van der Waals surface area (Å²) in [5.74, 6) is -0.598. The topological polar surface area (TPSA) is 46.5 Å². The standard InChI is InChI=1S/C23H22O3/c24-21(17-16-18-10-4-1-5-11-18)23(25)26-22(19-12-6-2-7-13-19)20-14-8-3-9-15-20/h1-15,21-22,24H,16-17H2/t21-/m1/s1. The summed E-state index contributed by atoms with van der Waals surface area (Å²) in [6.45, 7) is 0. The number of hydrogen-bond donors (Lipinski definition) is 1. The molecule has 0 unspecified atom stereocenters. The van der Waals surface area contributed by atoms with Gasteiger partial charge >= 0.3 is 5.97 Å². The Labute approximate surface area is 153 Å². The highest BCUT2D eigenvalue weighted by molar-refractivity contribution is 5.75. The fourth-order valence-corrected chi connectivity index (χ4v) is 2.84. The minimum atomic E-state index is -1.15. The molecule has 26 heavy (non-hydrogen) atoms. The van der Waals surface area contributed by atoms with Crippen molar-refractivity contribution in [2.24, 2.45) is 0 Å². The molecular formula is C23H22O3. The van der Waals surface area contributed by atoms with E-state index in [-0.39, 0.29) is 0 Å². The number of aryl methyl sites for hydroxylation is 1. The van der Waals surface area contributed by atoms with Crippen molar-refractivity contribution in [1.82, 2.24) is 0 Å². The molecule has 0 aromatic heterocycles. The molecule has 0 saturated carbocycles. The Kier molecular flexibility index (Phi) is 6.18. The van der Waals surface area contributed by atoms with E-state index in [2.05, 4.69) is 0 Å². The molecule has 0 saturated heterocycles. The van der Waals surface area contributed by atoms with Crippen LogP contribution in [0.5, 0.6) is 0 Å². The van der Waals surface area contributed by atoms with Crippen molar-refractivity contribution in [1.29, 1.82) is 0 Å². The highest BCUT2D eigenvalue weighted by Crippen LogP contribution is 2.26. The summed E-state index contributed by atoms with van der Waals surface area (Å²) < 4.78 is 5.68. The van der Waals surface area contributed by atoms with Crippen LogP contribution in [0.3, 0.4) is 0 Å². The van der Waals surface area contributed by atoms with Crippen molar-refractivity contribution < 1.29 is 14.6 Å². The molecule has 3 nitrogen and oxygen atoms in total. The fourth-order valence-electron chi connectivity index (χ4n) is 2.84. The van der Waals surface area contributed by atoms with Crippen LogP contribution in [-0.2, 0) is 16.0 Å². The van der Waals surface area contributed by atoms with Crippen LogP contribution in [0.15, 0.2) is 91.0 Å². The number of carbonyl (C=O) groups excluding carboxylic acids is 1. The Hall–Kier alpha value is -2.91. The molecule has 0 aliphatic carbocycles. The number of carbonyl (C=O) groups is 1. The van der Waals surface area contributed by atoms with Crippen molar-refractivity contribution in [3.05, 3.63) is 108 Å². The number of aliphatic hydroxyl groups is 1. The minimum Gasteiger partial charge on any atom is -0.451 e. The first-order chi connectivity index (χ1) is 12.7. The van der Waals surface area contributed by atoms with Crippen LogP contribution in [0.25, 0.3) is 0 Å². The minimum absolute atomic E-state index is 0.332. The predicted octanol–water partition coefficient (Wildman–Crippen LogP) is 4.31. The number of esters is 1. The molecule has 0 spiro atoms. The first-order valence-electron chi connectivity index (χ1n) is 8.76. The summed E-state index contributed by atoms with van der Waals surface area (Å²) >= 11 is 0. The van der Waals surface area contributed by atoms with E-state index < -0.39 is 18.2 Å². The second kappa shape index (κ2) is 8.97. The van der Waals surface area contributed by atoms with Crippen LogP contribution in [0, 0.1) is 0 Å². The van der Waals surface area contributed by atoms with Gasteiger partial charge in [0.2, 0.25) is 0 Å². The third kappa shape index (κ3) is 4.80. The van der Waals surface area contributed by atoms with E-state index in [9.17, 15) is 9.90 Å². The third-order valence-corrected chi connectivity index (χ3v) is 4.26. The molecule has 0 radical (unpaired) electrons. The van der Waals surface area contributed by atoms with Crippen LogP contribution < -0.4 is 0 Å². The average Bonchev–Trinajstić information content (AvgIpc) is 2.72. The van der Waals surface area contributed by atoms with E-state index in [0.29, 0.717) is 12.8 Å². The molecule has 1 atom stereocenters. The Bertz CT molecular complexity index is 761. The van der Waals surface area contributed by atoms with E-state index >= 15 is 0 Å². The predicted molar refractivity (Wildman–Crippen MR) is 102 cm³/mol. The van der Waals surface area contributed by atoms with Crippen LogP contribution in [0.2, 0.25) is 0 Å². The van der Waals surface area contributed by atoms with Gasteiger partial charge in [-0.15, -0.1) is 0 Å². The fraction of sp³-hybridized carbons (Fsp3) is 0.174. The molecule has 3 aromatic carbocycles. The second-order valence-electron chi connectivity index (χ2n) is 6.18. The number of aliphatic hydroxyl groups excluding tert-OH is 1. The molecule has 0 fully saturated rings. The van der Waals surface area contributed by atoms with Gasteiger partial charge in [0.25, 0.3) is 0 Å². The first kappa shape index (κ1) is 17.9. The number of hydrogen-bond acceptors (Lipinski definition) is 3. The molecule has 0 aliphatic rings. The molecule has 3 aromatic rings. The number of rotatable bonds is 7. The van der Waals surface area contributed by atoms with Crippen LogP contribution in [0.4, 0.5) is 0 Å². The van der Waals surface area contributed by atoms with Crippen LogP contribution in [0.1, 0.15) is 29.2 Å². The lowest BCUT2D eigenvalue weighted by Gasteiger charge is -2.20. The van der Waals surface area contributed by atoms with Gasteiger partial charge in [0.1, 0.15) is 0 Å². The molecular weight excluding hydrogens is 324 g/mol. The Balaban J connectivity index is 1.69. The van der Waals surface area contributed by atoms with E-state index in [0.717, 1.165) is 16.7 Å². The highest BCUT2D eigenvalue weighted by atomic mass is 16.6. The molecule has 0 amide bonds. The van der Waals surface area contributed by atoms with Gasteiger partial charge in [-0.05, 0) is 29.5 Å². The van der Waals surface area contributed by atoms with E-state index in [1.54, 1.807) is 0 Å². The molecule has 3 heteroatoms. The van der Waals surface area contributed by atoms with Gasteiger partial charge in [-0.2, -0.15) is 0 Å².